The van der Waals surface area contributed by atoms with Crippen LogP contribution >= 0.6 is 11.3 Å². The van der Waals surface area contributed by atoms with Crippen molar-refractivity contribution in [1.29, 1.82) is 0 Å². The highest BCUT2D eigenvalue weighted by Gasteiger charge is 2.40. The molecule has 1 aliphatic heterocycles. The maximum absolute atomic E-state index is 14.1. The van der Waals surface area contributed by atoms with Crippen LogP contribution in [0.25, 0.3) is 0 Å². The molecule has 0 radical (unpaired) electrons. The molecule has 2 aromatic carbocycles. The molecule has 0 aliphatic carbocycles. The van der Waals surface area contributed by atoms with Crippen molar-refractivity contribution in [1.82, 2.24) is 19.4 Å². The molecule has 0 saturated carbocycles. The number of hydrogen-bond donors (Lipinski definition) is 2. The fraction of sp³-hybridized carbons (Fsp3) is 0.471. The Labute approximate surface area is 291 Å². The second-order valence-electron chi connectivity index (χ2n) is 12.8. The van der Waals surface area contributed by atoms with Crippen LogP contribution in [0.5, 0.6) is 5.75 Å². The predicted octanol–water partition coefficient (Wildman–Crippen LogP) is 4.36. The molecule has 1 saturated heterocycles. The summed E-state index contributed by atoms with van der Waals surface area (Å²) in [6.07, 6.45) is -1.09. The van der Waals surface area contributed by atoms with E-state index in [0.29, 0.717) is 17.2 Å². The first-order valence-electron chi connectivity index (χ1n) is 16.2. The molecule has 3 atom stereocenters. The molecule has 13 nitrogen and oxygen atoms in total. The number of methoxy groups -OCH3 is 1. The number of sulfonamides is 1. The smallest absolute Gasteiger partial charge is 0.324 e. The number of amides is 3. The lowest BCUT2D eigenvalue weighted by Gasteiger charge is -2.34. The third-order valence-corrected chi connectivity index (χ3v) is 11.2. The molecular formula is C34H45N5O8S2. The number of nitro groups is 1. The molecule has 1 aromatic heterocycles. The molecule has 0 spiro atoms. The van der Waals surface area contributed by atoms with Crippen LogP contribution in [0.4, 0.5) is 9.80 Å². The Morgan fingerprint density at radius 1 is 1.04 bits per heavy atom. The molecular weight excluding hydrogens is 671 g/mol. The minimum atomic E-state index is -4.03. The van der Waals surface area contributed by atoms with E-state index >= 15 is 0 Å². The summed E-state index contributed by atoms with van der Waals surface area (Å²) in [4.78, 5) is 42.0. The van der Waals surface area contributed by atoms with Gasteiger partial charge in [0.05, 0.1) is 35.6 Å². The lowest BCUT2D eigenvalue weighted by molar-refractivity contribution is -0.380. The zero-order valence-electron chi connectivity index (χ0n) is 28.4. The zero-order chi connectivity index (χ0) is 35.9. The van der Waals surface area contributed by atoms with E-state index in [1.54, 1.807) is 23.1 Å². The summed E-state index contributed by atoms with van der Waals surface area (Å²) in [5, 5.41) is 25.8. The summed E-state index contributed by atoms with van der Waals surface area (Å²) in [7, 11) is -2.53. The summed E-state index contributed by atoms with van der Waals surface area (Å²) in [6, 6.07) is 16.2. The number of carbonyl (C=O) groups is 2. The van der Waals surface area contributed by atoms with E-state index in [2.05, 4.69) is 5.32 Å². The third kappa shape index (κ3) is 9.56. The van der Waals surface area contributed by atoms with Gasteiger partial charge in [-0.3, -0.25) is 14.9 Å². The molecule has 266 valence electrons. The van der Waals surface area contributed by atoms with Crippen LogP contribution in [0.15, 0.2) is 71.6 Å². The first kappa shape index (κ1) is 37.8. The molecule has 2 N–H and O–H groups in total. The first-order valence-corrected chi connectivity index (χ1v) is 18.4. The summed E-state index contributed by atoms with van der Waals surface area (Å²) >= 11 is 1.00. The Morgan fingerprint density at radius 3 is 2.29 bits per heavy atom. The predicted molar refractivity (Wildman–Crippen MR) is 187 cm³/mol. The highest BCUT2D eigenvalue weighted by atomic mass is 32.2. The Bertz CT molecular complexity index is 1680. The van der Waals surface area contributed by atoms with Gasteiger partial charge in [-0.05, 0) is 54.2 Å². The summed E-state index contributed by atoms with van der Waals surface area (Å²) in [6.45, 7) is 8.09. The van der Waals surface area contributed by atoms with Crippen molar-refractivity contribution in [3.8, 4) is 5.75 Å². The molecule has 2 heterocycles. The minimum Gasteiger partial charge on any atom is -0.497 e. The Balaban J connectivity index is 1.56. The maximum atomic E-state index is 14.1. The molecule has 3 aromatic rings. The number of hydrogen-bond acceptors (Lipinski definition) is 9. The van der Waals surface area contributed by atoms with E-state index in [1.807, 2.05) is 58.0 Å². The van der Waals surface area contributed by atoms with Crippen molar-refractivity contribution in [3.05, 3.63) is 87.3 Å². The highest BCUT2D eigenvalue weighted by Crippen LogP contribution is 2.28. The number of nitrogens with zero attached hydrogens (tertiary/aromatic N) is 4. The Hall–Kier alpha value is -4.05. The number of urea groups is 1. The highest BCUT2D eigenvalue weighted by molar-refractivity contribution is 7.89. The maximum Gasteiger partial charge on any atom is 0.324 e. The lowest BCUT2D eigenvalue weighted by Crippen LogP contribution is -2.57. The van der Waals surface area contributed by atoms with Crippen LogP contribution in [0, 0.1) is 22.0 Å². The van der Waals surface area contributed by atoms with Gasteiger partial charge in [0, 0.05) is 37.1 Å². The number of aliphatic hydroxyl groups is 1. The fourth-order valence-corrected chi connectivity index (χ4v) is 8.34. The van der Waals surface area contributed by atoms with Gasteiger partial charge in [-0.2, -0.15) is 4.31 Å². The minimum absolute atomic E-state index is 0.00953. The van der Waals surface area contributed by atoms with E-state index < -0.39 is 39.0 Å². The van der Waals surface area contributed by atoms with Crippen LogP contribution in [0.1, 0.15) is 38.1 Å². The first-order chi connectivity index (χ1) is 23.2. The number of nitrogens with one attached hydrogen (secondary N) is 1. The van der Waals surface area contributed by atoms with Gasteiger partial charge in [-0.25, -0.2) is 13.2 Å². The van der Waals surface area contributed by atoms with Crippen LogP contribution in [-0.4, -0.2) is 96.0 Å². The number of thiophene rings is 1. The monoisotopic (exact) mass is 715 g/mol. The SMILES string of the molecule is COc1ccc(S(=O)(=O)N(CC(C)C)C[C@@H](O)[C@H](Cc2ccccc2)NC(=O)C(C(C)C)N2CCN(Cc3ccc([N+](=O)[O-])s3)C2=O)cc1. The van der Waals surface area contributed by atoms with E-state index in [0.717, 1.165) is 16.9 Å². The molecule has 15 heteroatoms. The van der Waals surface area contributed by atoms with Crippen molar-refractivity contribution in [2.75, 3.05) is 33.3 Å². The molecule has 1 fully saturated rings. The normalized spacial score (nSPS) is 15.6. The number of carbonyl (C=O) groups excluding carboxylic acids is 2. The largest absolute Gasteiger partial charge is 0.497 e. The molecule has 1 aliphatic rings. The third-order valence-electron chi connectivity index (χ3n) is 8.28. The number of ether oxygens (including phenoxy) is 1. The summed E-state index contributed by atoms with van der Waals surface area (Å²) in [5.74, 6) is -0.313. The standard InChI is InChI=1S/C34H45N5O8S2/c1-23(2)20-37(49(45,46)28-14-11-26(47-5)12-15-28)22-30(40)29(19-25-9-7-6-8-10-25)35-33(41)32(24(3)4)38-18-17-36(34(38)42)21-27-13-16-31(48-27)39(43)44/h6-16,23-24,29-30,32,40H,17-22H2,1-5H3,(H,35,41)/t29-,30+,32?/m0/s1. The lowest BCUT2D eigenvalue weighted by atomic mass is 9.97. The average molecular weight is 716 g/mol. The van der Waals surface area contributed by atoms with Gasteiger partial charge < -0.3 is 25.0 Å². The van der Waals surface area contributed by atoms with Gasteiger partial charge in [-0.15, -0.1) is 0 Å². The average Bonchev–Trinajstić information content (AvgIpc) is 3.67. The van der Waals surface area contributed by atoms with E-state index in [9.17, 15) is 33.2 Å². The van der Waals surface area contributed by atoms with Crippen molar-refractivity contribution in [3.63, 3.8) is 0 Å². The van der Waals surface area contributed by atoms with Crippen molar-refractivity contribution < 1.29 is 32.8 Å². The molecule has 4 rings (SSSR count). The molecule has 0 bridgehead atoms. The molecule has 49 heavy (non-hydrogen) atoms. The zero-order valence-corrected chi connectivity index (χ0v) is 30.0. The van der Waals surface area contributed by atoms with Crippen LogP contribution in [0.3, 0.4) is 0 Å². The van der Waals surface area contributed by atoms with Gasteiger partial charge in [0.2, 0.25) is 15.9 Å². The Morgan fingerprint density at radius 2 is 1.71 bits per heavy atom. The van der Waals surface area contributed by atoms with Crippen molar-refractivity contribution >= 4 is 38.3 Å². The van der Waals surface area contributed by atoms with E-state index in [1.165, 1.54) is 34.5 Å². The summed E-state index contributed by atoms with van der Waals surface area (Å²) < 4.78 is 34.1. The van der Waals surface area contributed by atoms with Gasteiger partial charge in [0.15, 0.2) is 0 Å². The van der Waals surface area contributed by atoms with Gasteiger partial charge >= 0.3 is 11.0 Å². The second kappa shape index (κ2) is 16.6. The van der Waals surface area contributed by atoms with E-state index in [4.69, 9.17) is 4.74 Å². The van der Waals surface area contributed by atoms with Gasteiger partial charge in [0.1, 0.15) is 11.8 Å². The van der Waals surface area contributed by atoms with Crippen LogP contribution < -0.4 is 10.1 Å². The molecule has 1 unspecified atom stereocenters. The number of rotatable bonds is 17. The van der Waals surface area contributed by atoms with Crippen LogP contribution in [0.2, 0.25) is 0 Å². The quantitative estimate of drug-likeness (QED) is 0.154. The Kier molecular flexibility index (Phi) is 12.8. The van der Waals surface area contributed by atoms with E-state index in [-0.39, 0.29) is 60.4 Å². The fourth-order valence-electron chi connectivity index (χ4n) is 5.88. The molecule has 3 amide bonds. The topological polar surface area (TPSA) is 163 Å². The van der Waals surface area contributed by atoms with Crippen molar-refractivity contribution in [2.45, 2.75) is 63.7 Å². The number of aliphatic hydroxyl groups excluding tert-OH is 1. The van der Waals surface area contributed by atoms with Gasteiger partial charge in [-0.1, -0.05) is 69.4 Å². The second-order valence-corrected chi connectivity index (χ2v) is 15.9. The van der Waals surface area contributed by atoms with Gasteiger partial charge in [0.25, 0.3) is 0 Å². The summed E-state index contributed by atoms with van der Waals surface area (Å²) in [5.41, 5.74) is 0.829. The number of benzene rings is 2. The van der Waals surface area contributed by atoms with Crippen LogP contribution in [-0.2, 0) is 27.8 Å². The van der Waals surface area contributed by atoms with Crippen molar-refractivity contribution in [2.24, 2.45) is 11.8 Å².